The molecule has 11 nitrogen and oxygen atoms in total. The first-order chi connectivity index (χ1) is 17.8. The Morgan fingerprint density at radius 2 is 1.92 bits per heavy atom. The molecule has 37 heavy (non-hydrogen) atoms. The van der Waals surface area contributed by atoms with Gasteiger partial charge >= 0.3 is 0 Å². The van der Waals surface area contributed by atoms with E-state index in [4.69, 9.17) is 15.3 Å². The average molecular weight is 535 g/mol. The second kappa shape index (κ2) is 13.1. The molecule has 0 spiro atoms. The average Bonchev–Trinajstić information content (AvgIpc) is 2.89. The molecule has 0 amide bonds. The summed E-state index contributed by atoms with van der Waals surface area (Å²) >= 11 is 0. The second-order valence-electron chi connectivity index (χ2n) is 8.87. The number of hydrogen-bond donors (Lipinski definition) is 4. The molecule has 2 heterocycles. The lowest BCUT2D eigenvalue weighted by atomic mass is 10.1. The highest BCUT2D eigenvalue weighted by atomic mass is 32.2. The topological polar surface area (TPSA) is 152 Å². The van der Waals surface area contributed by atoms with E-state index in [2.05, 4.69) is 15.3 Å². The van der Waals surface area contributed by atoms with Gasteiger partial charge in [0, 0.05) is 39.3 Å². The summed E-state index contributed by atoms with van der Waals surface area (Å²) in [5.74, 6) is 0.555. The number of aromatic amines is 1. The van der Waals surface area contributed by atoms with E-state index in [1.807, 2.05) is 25.7 Å². The Labute approximate surface area is 218 Å². The first-order valence-electron chi connectivity index (χ1n) is 12.8. The molecule has 12 heteroatoms. The molecule has 0 saturated carbocycles. The lowest BCUT2D eigenvalue weighted by molar-refractivity contribution is 0.151. The van der Waals surface area contributed by atoms with E-state index in [9.17, 15) is 13.2 Å². The number of aliphatic hydroxyl groups is 1. The van der Waals surface area contributed by atoms with E-state index in [1.54, 1.807) is 6.07 Å². The van der Waals surface area contributed by atoms with Gasteiger partial charge in [-0.15, -0.1) is 0 Å². The minimum Gasteiger partial charge on any atom is -0.493 e. The molecule has 3 rings (SSSR count). The highest BCUT2D eigenvalue weighted by Gasteiger charge is 2.29. The number of nitrogens with one attached hydrogen (secondary N) is 3. The van der Waals surface area contributed by atoms with Crippen LogP contribution in [0.25, 0.3) is 11.4 Å². The summed E-state index contributed by atoms with van der Waals surface area (Å²) in [6.07, 6.45) is 1.91. The van der Waals surface area contributed by atoms with Gasteiger partial charge in [-0.3, -0.25) is 9.69 Å². The van der Waals surface area contributed by atoms with Gasteiger partial charge in [-0.05, 0) is 38.0 Å². The van der Waals surface area contributed by atoms with Crippen LogP contribution in [0.5, 0.6) is 5.75 Å². The maximum Gasteiger partial charge on any atom is 0.275 e. The van der Waals surface area contributed by atoms with Gasteiger partial charge in [0.05, 0.1) is 29.4 Å². The summed E-state index contributed by atoms with van der Waals surface area (Å²) in [5, 5.41) is 20.6. The standard InChI is InChI=1S/C25H38N6O5S/c1-4-7-20(26)22-23(27-6-3)25(33)29-24(28-22)19-17-18(8-9-21(19)36-16-5-2)37(34,35)31-12-10-30(11-13-31)14-15-32/h8-9,17,26-27,32H,4-7,10-16H2,1-3H3,(H,28,29,33). The third kappa shape index (κ3) is 6.75. The molecule has 1 aromatic heterocycles. The SMILES string of the molecule is CCCOc1ccc(S(=O)(=O)N2CCN(CCO)CC2)cc1-c1nc(C(=N)CCC)c(NCC)c(=O)[nH]1. The van der Waals surface area contributed by atoms with Crippen molar-refractivity contribution >= 4 is 21.4 Å². The molecule has 0 aliphatic carbocycles. The van der Waals surface area contributed by atoms with Crippen molar-refractivity contribution in [3.63, 3.8) is 0 Å². The van der Waals surface area contributed by atoms with Gasteiger partial charge in [0.1, 0.15) is 23.0 Å². The summed E-state index contributed by atoms with van der Waals surface area (Å²) in [5.41, 5.74) is 0.616. The number of sulfonamides is 1. The van der Waals surface area contributed by atoms with E-state index in [1.165, 1.54) is 16.4 Å². The molecule has 0 bridgehead atoms. The number of aromatic nitrogens is 2. The molecule has 1 saturated heterocycles. The van der Waals surface area contributed by atoms with Gasteiger partial charge in [0.2, 0.25) is 10.0 Å². The fourth-order valence-electron chi connectivity index (χ4n) is 4.20. The van der Waals surface area contributed by atoms with Crippen LogP contribution in [0, 0.1) is 5.41 Å². The zero-order valence-electron chi connectivity index (χ0n) is 21.8. The van der Waals surface area contributed by atoms with Crippen LogP contribution < -0.4 is 15.6 Å². The number of benzene rings is 1. The van der Waals surface area contributed by atoms with Gasteiger partial charge in [0.15, 0.2) is 0 Å². The van der Waals surface area contributed by atoms with Crippen molar-refractivity contribution in [2.45, 2.75) is 44.9 Å². The smallest absolute Gasteiger partial charge is 0.275 e. The third-order valence-electron chi connectivity index (χ3n) is 6.11. The maximum absolute atomic E-state index is 13.5. The zero-order chi connectivity index (χ0) is 27.0. The largest absolute Gasteiger partial charge is 0.493 e. The fourth-order valence-corrected chi connectivity index (χ4v) is 5.65. The molecular weight excluding hydrogens is 496 g/mol. The van der Waals surface area contributed by atoms with Crippen LogP contribution in [0.15, 0.2) is 27.9 Å². The molecule has 0 atom stereocenters. The van der Waals surface area contributed by atoms with E-state index >= 15 is 0 Å². The highest BCUT2D eigenvalue weighted by Crippen LogP contribution is 2.32. The highest BCUT2D eigenvalue weighted by molar-refractivity contribution is 7.89. The normalized spacial score (nSPS) is 15.0. The zero-order valence-corrected chi connectivity index (χ0v) is 22.7. The monoisotopic (exact) mass is 534 g/mol. The van der Waals surface area contributed by atoms with Gasteiger partial charge in [-0.25, -0.2) is 13.4 Å². The Balaban J connectivity index is 2.08. The predicted molar refractivity (Wildman–Crippen MR) is 144 cm³/mol. The Kier molecular flexibility index (Phi) is 10.2. The minimum absolute atomic E-state index is 0.0325. The lowest BCUT2D eigenvalue weighted by Crippen LogP contribution is -2.49. The van der Waals surface area contributed by atoms with Crippen molar-refractivity contribution in [3.05, 3.63) is 34.2 Å². The number of aliphatic hydroxyl groups excluding tert-OH is 1. The number of piperazine rings is 1. The van der Waals surface area contributed by atoms with Crippen LogP contribution in [0.1, 0.15) is 45.7 Å². The first-order valence-corrected chi connectivity index (χ1v) is 14.3. The molecule has 1 aliphatic heterocycles. The number of β-amino-alcohol motifs (C(OH)–C–C–N with tert-alkyl or cyclic N) is 1. The number of rotatable bonds is 13. The molecular formula is C25H38N6O5S. The van der Waals surface area contributed by atoms with Crippen molar-refractivity contribution in [1.29, 1.82) is 5.41 Å². The third-order valence-corrected chi connectivity index (χ3v) is 8.01. The Hall–Kier alpha value is -2.80. The van der Waals surface area contributed by atoms with Gasteiger partial charge < -0.3 is 25.6 Å². The minimum atomic E-state index is -3.82. The molecule has 1 fully saturated rings. The number of anilines is 1. The maximum atomic E-state index is 13.5. The molecule has 204 valence electrons. The summed E-state index contributed by atoms with van der Waals surface area (Å²) < 4.78 is 34.3. The van der Waals surface area contributed by atoms with E-state index in [-0.39, 0.29) is 34.4 Å². The predicted octanol–water partition coefficient (Wildman–Crippen LogP) is 2.12. The van der Waals surface area contributed by atoms with Crippen molar-refractivity contribution in [1.82, 2.24) is 19.2 Å². The summed E-state index contributed by atoms with van der Waals surface area (Å²) in [6.45, 7) is 8.91. The number of hydrogen-bond acceptors (Lipinski definition) is 9. The van der Waals surface area contributed by atoms with Crippen molar-refractivity contribution in [2.75, 3.05) is 57.8 Å². The van der Waals surface area contributed by atoms with Crippen LogP contribution in [-0.2, 0) is 10.0 Å². The van der Waals surface area contributed by atoms with Crippen molar-refractivity contribution in [3.8, 4) is 17.1 Å². The molecule has 1 aliphatic rings. The lowest BCUT2D eigenvalue weighted by Gasteiger charge is -2.33. The number of nitrogens with zero attached hydrogens (tertiary/aromatic N) is 3. The quantitative estimate of drug-likeness (QED) is 0.285. The molecule has 2 aromatic rings. The summed E-state index contributed by atoms with van der Waals surface area (Å²) in [7, 11) is -3.82. The summed E-state index contributed by atoms with van der Waals surface area (Å²) in [4.78, 5) is 22.5. The van der Waals surface area contributed by atoms with Crippen LogP contribution in [0.3, 0.4) is 0 Å². The molecule has 4 N–H and O–H groups in total. The van der Waals surface area contributed by atoms with Gasteiger partial charge in [-0.1, -0.05) is 20.3 Å². The Morgan fingerprint density at radius 1 is 1.19 bits per heavy atom. The van der Waals surface area contributed by atoms with Gasteiger partial charge in [0.25, 0.3) is 5.56 Å². The van der Waals surface area contributed by atoms with Crippen LogP contribution in [0.2, 0.25) is 0 Å². The Bertz CT molecular complexity index is 1240. The number of H-pyrrole nitrogens is 1. The second-order valence-corrected chi connectivity index (χ2v) is 10.8. The van der Waals surface area contributed by atoms with Crippen molar-refractivity contribution in [2.24, 2.45) is 0 Å². The van der Waals surface area contributed by atoms with Crippen molar-refractivity contribution < 1.29 is 18.3 Å². The molecule has 0 radical (unpaired) electrons. The van der Waals surface area contributed by atoms with E-state index in [0.717, 1.165) is 12.8 Å². The first kappa shape index (κ1) is 28.8. The van der Waals surface area contributed by atoms with Crippen LogP contribution >= 0.6 is 0 Å². The fraction of sp³-hybridized carbons (Fsp3) is 0.560. The molecule has 1 aromatic carbocycles. The Morgan fingerprint density at radius 3 is 2.54 bits per heavy atom. The van der Waals surface area contributed by atoms with Crippen LogP contribution in [0.4, 0.5) is 5.69 Å². The molecule has 0 unspecified atom stereocenters. The van der Waals surface area contributed by atoms with E-state index < -0.39 is 15.6 Å². The van der Waals surface area contributed by atoms with Crippen LogP contribution in [-0.4, -0.2) is 90.9 Å². The summed E-state index contributed by atoms with van der Waals surface area (Å²) in [6, 6.07) is 4.59. The van der Waals surface area contributed by atoms with Gasteiger partial charge in [-0.2, -0.15) is 4.31 Å². The number of ether oxygens (including phenoxy) is 1. The van der Waals surface area contributed by atoms with E-state index in [0.29, 0.717) is 63.6 Å².